The minimum atomic E-state index is -1.08. The molecule has 0 radical (unpaired) electrons. The minimum Gasteiger partial charge on any atom is -0.480 e. The number of alkyl carbamates (subject to hydrolysis) is 1. The number of aromatic nitrogens is 1. The SMILES string of the molecule is O=C(NC(Cc1ccc2ccccc2n1)C(=O)O)OC1C2CC3CC(C2)CC1C3. The third kappa shape index (κ3) is 3.68. The van der Waals surface area contributed by atoms with E-state index in [1.807, 2.05) is 36.4 Å². The van der Waals surface area contributed by atoms with Gasteiger partial charge in [-0.15, -0.1) is 0 Å². The predicted octanol–water partition coefficient (Wildman–Crippen LogP) is 3.78. The molecule has 2 aromatic rings. The number of nitrogens with zero attached hydrogens (tertiary/aromatic N) is 1. The molecule has 6 heteroatoms. The Morgan fingerprint density at radius 3 is 2.41 bits per heavy atom. The van der Waals surface area contributed by atoms with E-state index in [1.165, 1.54) is 6.42 Å². The van der Waals surface area contributed by atoms with Crippen LogP contribution in [0.1, 0.15) is 37.8 Å². The Bertz CT molecular complexity index is 915. The number of carboxylic acid groups (broad SMARTS) is 1. The standard InChI is InChI=1S/C23H26N2O4/c26-22(27)20(12-18-6-5-15-3-1-2-4-19(15)24-18)25-23(28)29-21-16-8-13-7-14(10-16)11-17(21)9-13/h1-6,13-14,16-17,20-21H,7-12H2,(H,25,28)(H,26,27). The van der Waals surface area contributed by atoms with Crippen molar-refractivity contribution < 1.29 is 19.4 Å². The predicted molar refractivity (Wildman–Crippen MR) is 107 cm³/mol. The molecule has 4 fully saturated rings. The number of carbonyl (C=O) groups is 2. The summed E-state index contributed by atoms with van der Waals surface area (Å²) in [7, 11) is 0. The first-order valence-corrected chi connectivity index (χ1v) is 10.6. The van der Waals surface area contributed by atoms with Crippen molar-refractivity contribution in [1.29, 1.82) is 0 Å². The van der Waals surface area contributed by atoms with Crippen molar-refractivity contribution in [3.05, 3.63) is 42.1 Å². The molecule has 1 heterocycles. The first-order valence-electron chi connectivity index (χ1n) is 10.6. The molecule has 0 saturated heterocycles. The van der Waals surface area contributed by atoms with Gasteiger partial charge in [-0.2, -0.15) is 0 Å². The number of pyridine rings is 1. The van der Waals surface area contributed by atoms with E-state index in [9.17, 15) is 14.7 Å². The maximum Gasteiger partial charge on any atom is 0.408 e. The van der Waals surface area contributed by atoms with E-state index >= 15 is 0 Å². The number of amides is 1. The average Bonchev–Trinajstić information content (AvgIpc) is 2.69. The van der Waals surface area contributed by atoms with E-state index in [2.05, 4.69) is 10.3 Å². The van der Waals surface area contributed by atoms with Crippen molar-refractivity contribution in [3.8, 4) is 0 Å². The van der Waals surface area contributed by atoms with Crippen LogP contribution in [0.4, 0.5) is 4.79 Å². The van der Waals surface area contributed by atoms with Crippen LogP contribution in [0.5, 0.6) is 0 Å². The van der Waals surface area contributed by atoms with E-state index in [-0.39, 0.29) is 12.5 Å². The van der Waals surface area contributed by atoms with Crippen molar-refractivity contribution in [3.63, 3.8) is 0 Å². The van der Waals surface area contributed by atoms with E-state index in [4.69, 9.17) is 4.74 Å². The number of benzene rings is 1. The highest BCUT2D eigenvalue weighted by Gasteiger charge is 2.50. The van der Waals surface area contributed by atoms with Crippen LogP contribution in [0.25, 0.3) is 10.9 Å². The lowest BCUT2D eigenvalue weighted by Gasteiger charge is -2.53. The van der Waals surface area contributed by atoms with Gasteiger partial charge in [-0.1, -0.05) is 24.3 Å². The second-order valence-corrected chi connectivity index (χ2v) is 9.04. The maximum atomic E-state index is 12.5. The molecule has 1 unspecified atom stereocenters. The van der Waals surface area contributed by atoms with Crippen molar-refractivity contribution in [2.24, 2.45) is 23.7 Å². The Morgan fingerprint density at radius 1 is 1.03 bits per heavy atom. The number of rotatable bonds is 5. The fourth-order valence-corrected chi connectivity index (χ4v) is 6.00. The number of carbonyl (C=O) groups excluding carboxylic acids is 1. The van der Waals surface area contributed by atoms with Crippen LogP contribution in [0, 0.1) is 23.7 Å². The van der Waals surface area contributed by atoms with Crippen LogP contribution >= 0.6 is 0 Å². The van der Waals surface area contributed by atoms with Gasteiger partial charge in [-0.3, -0.25) is 4.98 Å². The van der Waals surface area contributed by atoms with Gasteiger partial charge in [0.2, 0.25) is 0 Å². The molecule has 4 aliphatic carbocycles. The second-order valence-electron chi connectivity index (χ2n) is 9.04. The molecule has 1 amide bonds. The van der Waals surface area contributed by atoms with Gasteiger partial charge in [0, 0.05) is 17.5 Å². The summed E-state index contributed by atoms with van der Waals surface area (Å²) >= 11 is 0. The zero-order valence-corrected chi connectivity index (χ0v) is 16.3. The quantitative estimate of drug-likeness (QED) is 0.806. The molecule has 1 atom stereocenters. The number of hydrogen-bond acceptors (Lipinski definition) is 4. The Hall–Kier alpha value is -2.63. The summed E-state index contributed by atoms with van der Waals surface area (Å²) in [6.07, 6.45) is 5.38. The average molecular weight is 394 g/mol. The topological polar surface area (TPSA) is 88.5 Å². The normalized spacial score (nSPS) is 30.8. The third-order valence-corrected chi connectivity index (χ3v) is 7.04. The molecule has 2 N–H and O–H groups in total. The Balaban J connectivity index is 1.24. The van der Waals surface area contributed by atoms with Gasteiger partial charge in [0.05, 0.1) is 5.52 Å². The second kappa shape index (κ2) is 7.32. The van der Waals surface area contributed by atoms with E-state index in [0.717, 1.165) is 48.4 Å². The molecule has 4 saturated carbocycles. The molecule has 4 bridgehead atoms. The lowest BCUT2D eigenvalue weighted by Crippen LogP contribution is -2.52. The molecular formula is C23H26N2O4. The van der Waals surface area contributed by atoms with Crippen molar-refractivity contribution in [1.82, 2.24) is 10.3 Å². The summed E-state index contributed by atoms with van der Waals surface area (Å²) in [5, 5.41) is 13.2. The number of fused-ring (bicyclic) bond motifs is 1. The van der Waals surface area contributed by atoms with Crippen LogP contribution in [0.15, 0.2) is 36.4 Å². The summed E-state index contributed by atoms with van der Waals surface area (Å²) in [6.45, 7) is 0. The Labute approximate surface area is 169 Å². The number of carboxylic acids is 1. The summed E-state index contributed by atoms with van der Waals surface area (Å²) in [6, 6.07) is 10.4. The van der Waals surface area contributed by atoms with E-state index < -0.39 is 18.1 Å². The monoisotopic (exact) mass is 394 g/mol. The van der Waals surface area contributed by atoms with Gasteiger partial charge in [0.15, 0.2) is 0 Å². The summed E-state index contributed by atoms with van der Waals surface area (Å²) in [5.41, 5.74) is 1.44. The summed E-state index contributed by atoms with van der Waals surface area (Å²) in [4.78, 5) is 28.8. The van der Waals surface area contributed by atoms with E-state index in [1.54, 1.807) is 0 Å². The van der Waals surface area contributed by atoms with Crippen LogP contribution < -0.4 is 5.32 Å². The highest BCUT2D eigenvalue weighted by Crippen LogP contribution is 2.54. The van der Waals surface area contributed by atoms with Crippen molar-refractivity contribution >= 4 is 23.0 Å². The van der Waals surface area contributed by atoms with Crippen LogP contribution in [-0.2, 0) is 16.0 Å². The molecular weight excluding hydrogens is 368 g/mol. The van der Waals surface area contributed by atoms with Crippen molar-refractivity contribution in [2.75, 3.05) is 0 Å². The Morgan fingerprint density at radius 2 is 1.72 bits per heavy atom. The number of para-hydroxylation sites is 1. The lowest BCUT2D eigenvalue weighted by molar-refractivity contribution is -0.139. The zero-order valence-electron chi connectivity index (χ0n) is 16.3. The number of hydrogen-bond donors (Lipinski definition) is 2. The molecule has 6 rings (SSSR count). The highest BCUT2D eigenvalue weighted by molar-refractivity contribution is 5.81. The third-order valence-electron chi connectivity index (χ3n) is 7.04. The highest BCUT2D eigenvalue weighted by atomic mass is 16.6. The zero-order chi connectivity index (χ0) is 20.0. The molecule has 152 valence electrons. The minimum absolute atomic E-state index is 0.0592. The molecule has 6 nitrogen and oxygen atoms in total. The fraction of sp³-hybridized carbons (Fsp3) is 0.522. The first kappa shape index (κ1) is 18.4. The largest absolute Gasteiger partial charge is 0.480 e. The Kier molecular flexibility index (Phi) is 4.64. The molecule has 0 aliphatic heterocycles. The lowest BCUT2D eigenvalue weighted by atomic mass is 9.55. The molecule has 4 aliphatic rings. The fourth-order valence-electron chi connectivity index (χ4n) is 6.00. The molecule has 29 heavy (non-hydrogen) atoms. The first-order chi connectivity index (χ1) is 14.0. The molecule has 0 spiro atoms. The molecule has 1 aromatic carbocycles. The van der Waals surface area contributed by atoms with Crippen LogP contribution in [0.2, 0.25) is 0 Å². The maximum absolute atomic E-state index is 12.5. The van der Waals surface area contributed by atoms with Crippen LogP contribution in [0.3, 0.4) is 0 Å². The van der Waals surface area contributed by atoms with Gasteiger partial charge in [-0.25, -0.2) is 9.59 Å². The van der Waals surface area contributed by atoms with E-state index in [0.29, 0.717) is 17.5 Å². The van der Waals surface area contributed by atoms with Gasteiger partial charge in [0.25, 0.3) is 0 Å². The number of ether oxygens (including phenoxy) is 1. The molecule has 1 aromatic heterocycles. The summed E-state index contributed by atoms with van der Waals surface area (Å²) < 4.78 is 5.78. The number of aliphatic carboxylic acids is 1. The van der Waals surface area contributed by atoms with Gasteiger partial charge in [-0.05, 0) is 67.9 Å². The van der Waals surface area contributed by atoms with Gasteiger partial charge >= 0.3 is 12.1 Å². The van der Waals surface area contributed by atoms with Gasteiger partial charge < -0.3 is 15.2 Å². The summed E-state index contributed by atoms with van der Waals surface area (Å²) in [5.74, 6) is 1.41. The van der Waals surface area contributed by atoms with Crippen molar-refractivity contribution in [2.45, 2.75) is 50.7 Å². The number of nitrogens with one attached hydrogen (secondary N) is 1. The smallest absolute Gasteiger partial charge is 0.408 e. The van der Waals surface area contributed by atoms with Crippen LogP contribution in [-0.4, -0.2) is 34.3 Å². The van der Waals surface area contributed by atoms with Gasteiger partial charge in [0.1, 0.15) is 12.1 Å².